The van der Waals surface area contributed by atoms with Crippen molar-refractivity contribution in [1.82, 2.24) is 5.32 Å². The van der Waals surface area contributed by atoms with Crippen molar-refractivity contribution in [2.75, 3.05) is 19.8 Å². The molecule has 4 heteroatoms. The van der Waals surface area contributed by atoms with Gasteiger partial charge < -0.3 is 10.1 Å². The summed E-state index contributed by atoms with van der Waals surface area (Å²) in [5.74, 6) is 0.460. The van der Waals surface area contributed by atoms with E-state index < -0.39 is 0 Å². The largest absolute Gasteiger partial charge is 0.381 e. The topological polar surface area (TPSA) is 38.3 Å². The van der Waals surface area contributed by atoms with Gasteiger partial charge in [-0.2, -0.15) is 0 Å². The molecular weight excluding hydrogens is 282 g/mol. The highest BCUT2D eigenvalue weighted by Gasteiger charge is 2.17. The van der Waals surface area contributed by atoms with Gasteiger partial charge in [-0.1, -0.05) is 22.0 Å². The molecule has 0 spiro atoms. The lowest BCUT2D eigenvalue weighted by Crippen LogP contribution is -2.30. The summed E-state index contributed by atoms with van der Waals surface area (Å²) in [4.78, 5) is 12.0. The smallest absolute Gasteiger partial charge is 0.251 e. The second kappa shape index (κ2) is 5.65. The van der Waals surface area contributed by atoms with Crippen LogP contribution in [0, 0.1) is 12.8 Å². The van der Waals surface area contributed by atoms with Crippen molar-refractivity contribution in [3.63, 3.8) is 0 Å². The summed E-state index contributed by atoms with van der Waals surface area (Å²) in [5, 5.41) is 2.97. The lowest BCUT2D eigenvalue weighted by Gasteiger charge is -2.11. The van der Waals surface area contributed by atoms with E-state index in [1.54, 1.807) is 0 Å². The normalized spacial score (nSPS) is 19.3. The number of amides is 1. The Kier molecular flexibility index (Phi) is 4.18. The van der Waals surface area contributed by atoms with Gasteiger partial charge in [0.2, 0.25) is 0 Å². The van der Waals surface area contributed by atoms with Crippen molar-refractivity contribution < 1.29 is 9.53 Å². The zero-order valence-corrected chi connectivity index (χ0v) is 11.4. The van der Waals surface area contributed by atoms with E-state index in [0.717, 1.165) is 35.2 Å². The van der Waals surface area contributed by atoms with Gasteiger partial charge >= 0.3 is 0 Å². The molecule has 1 unspecified atom stereocenters. The summed E-state index contributed by atoms with van der Waals surface area (Å²) >= 11 is 3.38. The Hall–Kier alpha value is -0.870. The highest BCUT2D eigenvalue weighted by molar-refractivity contribution is 9.10. The Morgan fingerprint density at radius 2 is 2.41 bits per heavy atom. The SMILES string of the molecule is Cc1ccc(Br)cc1C(=O)NCC1CCOC1. The average molecular weight is 298 g/mol. The fourth-order valence-electron chi connectivity index (χ4n) is 1.92. The summed E-state index contributed by atoms with van der Waals surface area (Å²) < 4.78 is 6.21. The molecule has 0 bridgehead atoms. The minimum atomic E-state index is -0.00398. The van der Waals surface area contributed by atoms with Crippen LogP contribution in [-0.4, -0.2) is 25.7 Å². The number of halogens is 1. The molecule has 0 aliphatic carbocycles. The molecule has 1 atom stereocenters. The van der Waals surface area contributed by atoms with E-state index in [4.69, 9.17) is 4.74 Å². The molecule has 0 aromatic heterocycles. The predicted molar refractivity (Wildman–Crippen MR) is 70.1 cm³/mol. The molecule has 1 aliphatic heterocycles. The Morgan fingerprint density at radius 1 is 1.59 bits per heavy atom. The molecule has 17 heavy (non-hydrogen) atoms. The van der Waals surface area contributed by atoms with Crippen LogP contribution in [0.2, 0.25) is 0 Å². The summed E-state index contributed by atoms with van der Waals surface area (Å²) in [6.45, 7) is 4.22. The number of benzene rings is 1. The van der Waals surface area contributed by atoms with Gasteiger partial charge in [-0.3, -0.25) is 4.79 Å². The van der Waals surface area contributed by atoms with Crippen LogP contribution < -0.4 is 5.32 Å². The minimum absolute atomic E-state index is 0.00398. The highest BCUT2D eigenvalue weighted by atomic mass is 79.9. The third kappa shape index (κ3) is 3.30. The quantitative estimate of drug-likeness (QED) is 0.931. The second-order valence-electron chi connectivity index (χ2n) is 4.40. The summed E-state index contributed by atoms with van der Waals surface area (Å²) in [7, 11) is 0. The number of hydrogen-bond donors (Lipinski definition) is 1. The Balaban J connectivity index is 1.96. The summed E-state index contributed by atoms with van der Waals surface area (Å²) in [6.07, 6.45) is 1.04. The fraction of sp³-hybridized carbons (Fsp3) is 0.462. The van der Waals surface area contributed by atoms with Crippen LogP contribution in [0.15, 0.2) is 22.7 Å². The first-order valence-corrected chi connectivity index (χ1v) is 6.58. The van der Waals surface area contributed by atoms with Crippen LogP contribution in [0.25, 0.3) is 0 Å². The molecule has 1 N–H and O–H groups in total. The molecule has 1 amide bonds. The Labute approximate surface area is 110 Å². The number of aryl methyl sites for hydroxylation is 1. The van der Waals surface area contributed by atoms with Gasteiger partial charge in [-0.15, -0.1) is 0 Å². The molecule has 1 aromatic rings. The Bertz CT molecular complexity index is 414. The van der Waals surface area contributed by atoms with E-state index in [0.29, 0.717) is 12.5 Å². The van der Waals surface area contributed by atoms with E-state index >= 15 is 0 Å². The zero-order valence-electron chi connectivity index (χ0n) is 9.83. The summed E-state index contributed by atoms with van der Waals surface area (Å²) in [6, 6.07) is 5.74. The first-order valence-electron chi connectivity index (χ1n) is 5.79. The molecule has 3 nitrogen and oxygen atoms in total. The van der Waals surface area contributed by atoms with Gasteiger partial charge in [0.15, 0.2) is 0 Å². The molecule has 0 radical (unpaired) electrons. The number of carbonyl (C=O) groups excluding carboxylic acids is 1. The van der Waals surface area contributed by atoms with Gasteiger partial charge in [-0.25, -0.2) is 0 Å². The van der Waals surface area contributed by atoms with Gasteiger partial charge in [-0.05, 0) is 31.0 Å². The van der Waals surface area contributed by atoms with Crippen molar-refractivity contribution >= 4 is 21.8 Å². The number of rotatable bonds is 3. The second-order valence-corrected chi connectivity index (χ2v) is 5.31. The minimum Gasteiger partial charge on any atom is -0.381 e. The molecule has 2 rings (SSSR count). The van der Waals surface area contributed by atoms with Crippen LogP contribution in [0.5, 0.6) is 0 Å². The molecule has 1 aromatic carbocycles. The first kappa shape index (κ1) is 12.6. The molecule has 0 saturated carbocycles. The van der Waals surface area contributed by atoms with Gasteiger partial charge in [0.05, 0.1) is 6.61 Å². The molecule has 1 aliphatic rings. The van der Waals surface area contributed by atoms with E-state index in [1.807, 2.05) is 25.1 Å². The molecule has 1 saturated heterocycles. The zero-order chi connectivity index (χ0) is 12.3. The number of nitrogens with one attached hydrogen (secondary N) is 1. The van der Waals surface area contributed by atoms with Crippen LogP contribution in [0.3, 0.4) is 0 Å². The first-order chi connectivity index (χ1) is 8.16. The number of carbonyl (C=O) groups is 1. The van der Waals surface area contributed by atoms with Crippen LogP contribution in [0.1, 0.15) is 22.3 Å². The van der Waals surface area contributed by atoms with Crippen LogP contribution in [0.4, 0.5) is 0 Å². The lowest BCUT2D eigenvalue weighted by molar-refractivity contribution is 0.0944. The van der Waals surface area contributed by atoms with E-state index in [9.17, 15) is 4.79 Å². The highest BCUT2D eigenvalue weighted by Crippen LogP contribution is 2.16. The average Bonchev–Trinajstić information content (AvgIpc) is 2.82. The van der Waals surface area contributed by atoms with Gasteiger partial charge in [0, 0.05) is 29.1 Å². The monoisotopic (exact) mass is 297 g/mol. The maximum Gasteiger partial charge on any atom is 0.251 e. The molecular formula is C13H16BrNO2. The van der Waals surface area contributed by atoms with Crippen LogP contribution >= 0.6 is 15.9 Å². The van der Waals surface area contributed by atoms with Gasteiger partial charge in [0.1, 0.15) is 0 Å². The van der Waals surface area contributed by atoms with Crippen molar-refractivity contribution in [2.45, 2.75) is 13.3 Å². The van der Waals surface area contributed by atoms with E-state index in [-0.39, 0.29) is 5.91 Å². The van der Waals surface area contributed by atoms with Crippen LogP contribution in [-0.2, 0) is 4.74 Å². The molecule has 92 valence electrons. The van der Waals surface area contributed by atoms with E-state index in [1.165, 1.54) is 0 Å². The lowest BCUT2D eigenvalue weighted by atomic mass is 10.1. The van der Waals surface area contributed by atoms with E-state index in [2.05, 4.69) is 21.2 Å². The standard InChI is InChI=1S/C13H16BrNO2/c1-9-2-3-11(14)6-12(9)13(16)15-7-10-4-5-17-8-10/h2-3,6,10H,4-5,7-8H2,1H3,(H,15,16). The third-order valence-corrected chi connectivity index (χ3v) is 3.51. The third-order valence-electron chi connectivity index (χ3n) is 3.02. The number of hydrogen-bond acceptors (Lipinski definition) is 2. The summed E-state index contributed by atoms with van der Waals surface area (Å²) in [5.41, 5.74) is 1.73. The van der Waals surface area contributed by atoms with Crippen molar-refractivity contribution in [3.05, 3.63) is 33.8 Å². The van der Waals surface area contributed by atoms with Crippen molar-refractivity contribution in [2.24, 2.45) is 5.92 Å². The maximum atomic E-state index is 12.0. The van der Waals surface area contributed by atoms with Crippen molar-refractivity contribution in [1.29, 1.82) is 0 Å². The Morgan fingerprint density at radius 3 is 3.12 bits per heavy atom. The fourth-order valence-corrected chi connectivity index (χ4v) is 2.28. The van der Waals surface area contributed by atoms with Gasteiger partial charge in [0.25, 0.3) is 5.91 Å². The maximum absolute atomic E-state index is 12.0. The molecule has 1 heterocycles. The predicted octanol–water partition coefficient (Wildman–Crippen LogP) is 2.52. The van der Waals surface area contributed by atoms with Crippen molar-refractivity contribution in [3.8, 4) is 0 Å². The molecule has 1 fully saturated rings. The number of ether oxygens (including phenoxy) is 1.